The summed E-state index contributed by atoms with van der Waals surface area (Å²) < 4.78 is 0. The van der Waals surface area contributed by atoms with E-state index < -0.39 is 11.6 Å². The number of hydrogen-bond acceptors (Lipinski definition) is 3. The van der Waals surface area contributed by atoms with E-state index in [1.165, 1.54) is 11.3 Å². The fourth-order valence-electron chi connectivity index (χ4n) is 5.39. The molecule has 0 aromatic heterocycles. The van der Waals surface area contributed by atoms with Crippen LogP contribution in [0.4, 0.5) is 4.79 Å². The topological polar surface area (TPSA) is 69.7 Å². The van der Waals surface area contributed by atoms with Crippen LogP contribution in [0.15, 0.2) is 0 Å². The van der Waals surface area contributed by atoms with Crippen molar-refractivity contribution >= 4 is 17.8 Å². The Labute approximate surface area is 169 Å². The van der Waals surface area contributed by atoms with Crippen molar-refractivity contribution in [1.82, 2.24) is 15.1 Å². The molecule has 0 radical (unpaired) electrons. The smallest absolute Gasteiger partial charge is 0.325 e. The summed E-state index contributed by atoms with van der Waals surface area (Å²) in [6.45, 7) is 9.19. The summed E-state index contributed by atoms with van der Waals surface area (Å²) in [7, 11) is 0. The lowest BCUT2D eigenvalue weighted by Gasteiger charge is -2.40. The first-order valence-electron chi connectivity index (χ1n) is 11.1. The van der Waals surface area contributed by atoms with Crippen LogP contribution in [0.2, 0.25) is 0 Å². The maximum Gasteiger partial charge on any atom is 0.325 e. The third-order valence-corrected chi connectivity index (χ3v) is 7.28. The van der Waals surface area contributed by atoms with Crippen molar-refractivity contribution in [3.63, 3.8) is 0 Å². The maximum atomic E-state index is 13.1. The Hall–Kier alpha value is -1.59. The van der Waals surface area contributed by atoms with Gasteiger partial charge in [0.1, 0.15) is 12.1 Å². The molecule has 3 aliphatic rings. The zero-order valence-corrected chi connectivity index (χ0v) is 18.1. The van der Waals surface area contributed by atoms with Gasteiger partial charge in [0.05, 0.1) is 0 Å². The first kappa shape index (κ1) is 21.1. The van der Waals surface area contributed by atoms with Crippen LogP contribution in [0.1, 0.15) is 85.5 Å². The zero-order valence-electron chi connectivity index (χ0n) is 18.1. The van der Waals surface area contributed by atoms with E-state index >= 15 is 0 Å². The van der Waals surface area contributed by atoms with Crippen LogP contribution in [0, 0.1) is 11.3 Å². The summed E-state index contributed by atoms with van der Waals surface area (Å²) >= 11 is 0. The van der Waals surface area contributed by atoms with Gasteiger partial charge < -0.3 is 10.2 Å². The third kappa shape index (κ3) is 4.06. The summed E-state index contributed by atoms with van der Waals surface area (Å²) in [5.41, 5.74) is -0.578. The summed E-state index contributed by atoms with van der Waals surface area (Å²) in [6.07, 6.45) is 8.78. The summed E-state index contributed by atoms with van der Waals surface area (Å²) in [5.74, 6) is 0.261. The van der Waals surface area contributed by atoms with Crippen LogP contribution >= 0.6 is 0 Å². The van der Waals surface area contributed by atoms with Gasteiger partial charge in [-0.25, -0.2) is 4.79 Å². The van der Waals surface area contributed by atoms with Crippen molar-refractivity contribution in [3.8, 4) is 0 Å². The number of carbonyl (C=O) groups is 3. The molecule has 0 atom stereocenters. The van der Waals surface area contributed by atoms with Crippen molar-refractivity contribution in [2.75, 3.05) is 13.1 Å². The Bertz CT molecular complexity index is 611. The molecule has 3 fully saturated rings. The number of nitrogens with one attached hydrogen (secondary N) is 1. The second kappa shape index (κ2) is 8.03. The van der Waals surface area contributed by atoms with Crippen molar-refractivity contribution in [2.45, 2.75) is 97.1 Å². The molecule has 0 unspecified atom stereocenters. The number of imide groups is 1. The highest BCUT2D eigenvalue weighted by Crippen LogP contribution is 2.43. The number of rotatable bonds is 4. The minimum atomic E-state index is -0.791. The van der Waals surface area contributed by atoms with Gasteiger partial charge in [-0.3, -0.25) is 14.5 Å². The third-order valence-electron chi connectivity index (χ3n) is 7.28. The van der Waals surface area contributed by atoms with E-state index in [-0.39, 0.29) is 29.8 Å². The molecule has 6 nitrogen and oxygen atoms in total. The Morgan fingerprint density at radius 3 is 2.25 bits per heavy atom. The van der Waals surface area contributed by atoms with E-state index in [9.17, 15) is 14.4 Å². The fraction of sp³-hybridized carbons (Fsp3) is 0.864. The van der Waals surface area contributed by atoms with Crippen LogP contribution in [0.25, 0.3) is 0 Å². The standard InChI is InChI=1S/C22H37N3O3/c1-5-24(17-9-7-6-8-10-17)18(26)15-25-19(27)22(23-20(25)28)13-11-16(12-14-22)21(2,3)4/h16-17H,5-15H2,1-4H3,(H,23,28). The SMILES string of the molecule is CCN(C(=O)CN1C(=O)NC2(CCC(C(C)(C)C)CC2)C1=O)C1CCCCC1. The quantitative estimate of drug-likeness (QED) is 0.743. The van der Waals surface area contributed by atoms with Crippen molar-refractivity contribution in [2.24, 2.45) is 11.3 Å². The van der Waals surface area contributed by atoms with E-state index in [0.717, 1.165) is 38.5 Å². The lowest BCUT2D eigenvalue weighted by Crippen LogP contribution is -2.51. The molecular formula is C22H37N3O3. The van der Waals surface area contributed by atoms with E-state index in [2.05, 4.69) is 26.1 Å². The number of urea groups is 1. The van der Waals surface area contributed by atoms with Gasteiger partial charge in [0.15, 0.2) is 0 Å². The summed E-state index contributed by atoms with van der Waals surface area (Å²) in [4.78, 5) is 41.7. The van der Waals surface area contributed by atoms with E-state index in [1.807, 2.05) is 11.8 Å². The molecule has 4 amide bonds. The first-order valence-corrected chi connectivity index (χ1v) is 11.1. The fourth-order valence-corrected chi connectivity index (χ4v) is 5.39. The Morgan fingerprint density at radius 2 is 1.71 bits per heavy atom. The molecule has 158 valence electrons. The molecule has 3 rings (SSSR count). The van der Waals surface area contributed by atoms with Crippen LogP contribution in [-0.2, 0) is 9.59 Å². The van der Waals surface area contributed by atoms with E-state index in [4.69, 9.17) is 0 Å². The molecule has 0 aromatic rings. The van der Waals surface area contributed by atoms with Crippen LogP contribution in [0.3, 0.4) is 0 Å². The molecule has 1 N–H and O–H groups in total. The molecular weight excluding hydrogens is 354 g/mol. The van der Waals surface area contributed by atoms with Crippen LogP contribution in [0.5, 0.6) is 0 Å². The Morgan fingerprint density at radius 1 is 1.11 bits per heavy atom. The molecule has 6 heteroatoms. The molecule has 1 heterocycles. The summed E-state index contributed by atoms with van der Waals surface area (Å²) in [6, 6.07) is -0.143. The molecule has 28 heavy (non-hydrogen) atoms. The van der Waals surface area contributed by atoms with Gasteiger partial charge in [0.2, 0.25) is 5.91 Å². The largest absolute Gasteiger partial charge is 0.338 e. The van der Waals surface area contributed by atoms with Gasteiger partial charge in [-0.15, -0.1) is 0 Å². The van der Waals surface area contributed by atoms with E-state index in [0.29, 0.717) is 25.3 Å². The molecule has 0 bridgehead atoms. The highest BCUT2D eigenvalue weighted by atomic mass is 16.2. The second-order valence-electron chi connectivity index (χ2n) is 10.0. The molecule has 2 aliphatic carbocycles. The van der Waals surface area contributed by atoms with Gasteiger partial charge in [-0.05, 0) is 56.8 Å². The predicted octanol–water partition coefficient (Wildman–Crippen LogP) is 3.69. The zero-order chi connectivity index (χ0) is 20.5. The average molecular weight is 392 g/mol. The minimum absolute atomic E-state index is 0.0988. The number of amides is 4. The minimum Gasteiger partial charge on any atom is -0.338 e. The Kier molecular flexibility index (Phi) is 6.06. The molecule has 1 aliphatic heterocycles. The maximum absolute atomic E-state index is 13.1. The highest BCUT2D eigenvalue weighted by molar-refractivity contribution is 6.09. The van der Waals surface area contributed by atoms with Gasteiger partial charge >= 0.3 is 6.03 Å². The van der Waals surface area contributed by atoms with Gasteiger partial charge in [0.25, 0.3) is 5.91 Å². The van der Waals surface area contributed by atoms with Gasteiger partial charge in [-0.1, -0.05) is 40.0 Å². The summed E-state index contributed by atoms with van der Waals surface area (Å²) in [5, 5.41) is 2.95. The highest BCUT2D eigenvalue weighted by Gasteiger charge is 2.53. The normalized spacial score (nSPS) is 29.3. The van der Waals surface area contributed by atoms with Gasteiger partial charge in [-0.2, -0.15) is 0 Å². The monoisotopic (exact) mass is 391 g/mol. The number of carbonyl (C=O) groups excluding carboxylic acids is 3. The number of likely N-dealkylation sites (N-methyl/N-ethyl adjacent to an activating group) is 1. The lowest BCUT2D eigenvalue weighted by atomic mass is 9.67. The van der Waals surface area contributed by atoms with Crippen molar-refractivity contribution in [3.05, 3.63) is 0 Å². The average Bonchev–Trinajstić information content (AvgIpc) is 2.87. The predicted molar refractivity (Wildman–Crippen MR) is 109 cm³/mol. The van der Waals surface area contributed by atoms with Gasteiger partial charge in [0, 0.05) is 12.6 Å². The van der Waals surface area contributed by atoms with E-state index in [1.54, 1.807) is 0 Å². The molecule has 1 saturated heterocycles. The van der Waals surface area contributed by atoms with Crippen molar-refractivity contribution < 1.29 is 14.4 Å². The number of nitrogens with zero attached hydrogens (tertiary/aromatic N) is 2. The Balaban J connectivity index is 1.64. The van der Waals surface area contributed by atoms with Crippen LogP contribution < -0.4 is 5.32 Å². The molecule has 2 saturated carbocycles. The second-order valence-corrected chi connectivity index (χ2v) is 10.0. The lowest BCUT2D eigenvalue weighted by molar-refractivity contribution is -0.141. The number of hydrogen-bond donors (Lipinski definition) is 1. The van der Waals surface area contributed by atoms with Crippen LogP contribution in [-0.4, -0.2) is 52.3 Å². The first-order chi connectivity index (χ1) is 13.2. The molecule has 1 spiro atoms. The molecule has 0 aromatic carbocycles. The van der Waals surface area contributed by atoms with Crippen molar-refractivity contribution in [1.29, 1.82) is 0 Å².